The highest BCUT2D eigenvalue weighted by atomic mass is 19.4. The number of fused-ring (bicyclic) bond motifs is 3. The standard InChI is InChI=1S/C40H43F6N7O4/c1-21-11-23-13-22(2)39(36(55)56,24(12-21)14-23)51-35(54)30-18-47-34(50-33(30)40(44,45)46)31-20-53(26-5-8-38(42,43)9-6-26)32-15-27(3-4-29(31)32)57-28-7-10-52(19-28)37-48-16-25(41)17-49-37/h3-4,15-18,20-24,26,28H,5-14,19H2,1-2H3,(H,51,54)(H,55,56)/t21?,22?,23?,24?,28-,39?/m1/s1. The van der Waals surface area contributed by atoms with Gasteiger partial charge in [-0.15, -0.1) is 0 Å². The third-order valence-corrected chi connectivity index (χ3v) is 12.6. The number of rotatable bonds is 8. The zero-order valence-corrected chi connectivity index (χ0v) is 31.4. The topological polar surface area (TPSA) is 135 Å². The van der Waals surface area contributed by atoms with Gasteiger partial charge in [-0.3, -0.25) is 4.79 Å². The minimum Gasteiger partial charge on any atom is -0.488 e. The van der Waals surface area contributed by atoms with Gasteiger partial charge in [0.2, 0.25) is 11.9 Å². The molecule has 2 N–H and O–H groups in total. The molecule has 1 amide bonds. The number of nitrogens with one attached hydrogen (secondary N) is 1. The first-order chi connectivity index (χ1) is 27.0. The van der Waals surface area contributed by atoms with E-state index in [9.17, 15) is 41.0 Å². The number of ether oxygens (including phenoxy) is 1. The monoisotopic (exact) mass is 799 g/mol. The quantitative estimate of drug-likeness (QED) is 0.170. The highest BCUT2D eigenvalue weighted by Gasteiger charge is 2.57. The summed E-state index contributed by atoms with van der Waals surface area (Å²) >= 11 is 0. The van der Waals surface area contributed by atoms with Crippen molar-refractivity contribution in [2.45, 2.75) is 101 Å². The van der Waals surface area contributed by atoms with Crippen molar-refractivity contribution in [2.24, 2.45) is 23.7 Å². The molecule has 3 aliphatic carbocycles. The van der Waals surface area contributed by atoms with Gasteiger partial charge < -0.3 is 24.6 Å². The van der Waals surface area contributed by atoms with Crippen LogP contribution in [0.4, 0.5) is 32.3 Å². The average molecular weight is 800 g/mol. The van der Waals surface area contributed by atoms with E-state index in [1.807, 2.05) is 11.8 Å². The van der Waals surface area contributed by atoms with Gasteiger partial charge in [0.1, 0.15) is 17.4 Å². The first kappa shape index (κ1) is 38.9. The molecule has 3 aromatic heterocycles. The Morgan fingerprint density at radius 3 is 2.42 bits per heavy atom. The minimum absolute atomic E-state index is 0.120. The number of benzene rings is 1. The summed E-state index contributed by atoms with van der Waals surface area (Å²) < 4.78 is 94.5. The van der Waals surface area contributed by atoms with Gasteiger partial charge in [0.05, 0.1) is 30.0 Å². The third kappa shape index (κ3) is 7.37. The van der Waals surface area contributed by atoms with Crippen LogP contribution in [0.25, 0.3) is 22.3 Å². The molecule has 4 aromatic rings. The SMILES string of the molecule is CC1CC2CC(C)C(NC(=O)c3cnc(-c4cn(C5CCC(F)(F)CC5)c5cc(O[C@@H]6CCN(c7ncc(F)cn7)C6)ccc45)nc3C(F)(F)F)(C(=O)O)C(C1)C2. The van der Waals surface area contributed by atoms with Crippen molar-refractivity contribution in [3.05, 3.63) is 60.1 Å². The van der Waals surface area contributed by atoms with Crippen LogP contribution >= 0.6 is 0 Å². The van der Waals surface area contributed by atoms with Gasteiger partial charge in [0.25, 0.3) is 5.91 Å². The van der Waals surface area contributed by atoms with Crippen LogP contribution in [0, 0.1) is 29.5 Å². The number of nitrogens with zero attached hydrogens (tertiary/aromatic N) is 6. The number of aliphatic carboxylic acids is 1. The van der Waals surface area contributed by atoms with Crippen LogP contribution in [0.3, 0.4) is 0 Å². The first-order valence-electron chi connectivity index (χ1n) is 19.4. The molecule has 1 aromatic carbocycles. The molecule has 1 saturated heterocycles. The van der Waals surface area contributed by atoms with Gasteiger partial charge in [-0.1, -0.05) is 13.8 Å². The summed E-state index contributed by atoms with van der Waals surface area (Å²) in [5.41, 5.74) is -3.46. The number of hydrogen-bond acceptors (Lipinski definition) is 8. The first-order valence-corrected chi connectivity index (χ1v) is 19.4. The lowest BCUT2D eigenvalue weighted by Crippen LogP contribution is -2.66. The van der Waals surface area contributed by atoms with Crippen molar-refractivity contribution in [3.63, 3.8) is 0 Å². The van der Waals surface area contributed by atoms with E-state index in [1.54, 1.807) is 35.9 Å². The van der Waals surface area contributed by atoms with Crippen LogP contribution in [0.5, 0.6) is 5.75 Å². The molecule has 4 heterocycles. The number of aromatic nitrogens is 5. The largest absolute Gasteiger partial charge is 0.488 e. The minimum atomic E-state index is -5.12. The predicted molar refractivity (Wildman–Crippen MR) is 195 cm³/mol. The van der Waals surface area contributed by atoms with Crippen molar-refractivity contribution in [2.75, 3.05) is 18.0 Å². The number of anilines is 1. The van der Waals surface area contributed by atoms with Crippen molar-refractivity contribution in [1.82, 2.24) is 29.8 Å². The van der Waals surface area contributed by atoms with Gasteiger partial charge in [-0.2, -0.15) is 13.2 Å². The Bertz CT molecular complexity index is 2170. The van der Waals surface area contributed by atoms with Crippen LogP contribution in [0.15, 0.2) is 43.0 Å². The smallest absolute Gasteiger partial charge is 0.434 e. The fourth-order valence-electron chi connectivity index (χ4n) is 9.97. The van der Waals surface area contributed by atoms with Gasteiger partial charge in [0.15, 0.2) is 17.3 Å². The van der Waals surface area contributed by atoms with Crippen molar-refractivity contribution in [3.8, 4) is 17.1 Å². The summed E-state index contributed by atoms with van der Waals surface area (Å²) in [6.07, 6.45) is 1.74. The summed E-state index contributed by atoms with van der Waals surface area (Å²) in [7, 11) is 0. The van der Waals surface area contributed by atoms with E-state index >= 15 is 0 Å². The van der Waals surface area contributed by atoms with Gasteiger partial charge in [0, 0.05) is 61.3 Å². The lowest BCUT2D eigenvalue weighted by molar-refractivity contribution is -0.155. The molecular weight excluding hydrogens is 756 g/mol. The highest BCUT2D eigenvalue weighted by Crippen LogP contribution is 2.51. The van der Waals surface area contributed by atoms with E-state index in [0.717, 1.165) is 25.0 Å². The molecule has 1 aliphatic heterocycles. The Labute approximate surface area is 324 Å². The Morgan fingerprint density at radius 2 is 1.72 bits per heavy atom. The number of carboxylic acid groups (broad SMARTS) is 1. The molecule has 2 bridgehead atoms. The summed E-state index contributed by atoms with van der Waals surface area (Å²) in [5, 5.41) is 13.5. The summed E-state index contributed by atoms with van der Waals surface area (Å²) in [5.74, 6) is -5.94. The van der Waals surface area contributed by atoms with Crippen LogP contribution in [0.1, 0.15) is 93.7 Å². The zero-order valence-electron chi connectivity index (χ0n) is 31.4. The summed E-state index contributed by atoms with van der Waals surface area (Å²) in [6.45, 7) is 4.70. The predicted octanol–water partition coefficient (Wildman–Crippen LogP) is 8.10. The zero-order chi connectivity index (χ0) is 40.4. The lowest BCUT2D eigenvalue weighted by Gasteiger charge is -2.52. The second kappa shape index (κ2) is 14.5. The van der Waals surface area contributed by atoms with Crippen molar-refractivity contribution >= 4 is 28.7 Å². The van der Waals surface area contributed by atoms with Crippen LogP contribution in [-0.2, 0) is 11.0 Å². The molecule has 0 radical (unpaired) electrons. The second-order valence-corrected chi connectivity index (χ2v) is 16.5. The molecule has 4 fully saturated rings. The number of carbonyl (C=O) groups excluding carboxylic acids is 1. The summed E-state index contributed by atoms with van der Waals surface area (Å²) in [4.78, 5) is 44.9. The van der Waals surface area contributed by atoms with E-state index < -0.39 is 64.5 Å². The Morgan fingerprint density at radius 1 is 0.982 bits per heavy atom. The van der Waals surface area contributed by atoms with Crippen LogP contribution in [0.2, 0.25) is 0 Å². The van der Waals surface area contributed by atoms with E-state index in [2.05, 4.69) is 25.3 Å². The molecule has 4 aliphatic rings. The van der Waals surface area contributed by atoms with E-state index in [4.69, 9.17) is 4.74 Å². The van der Waals surface area contributed by atoms with E-state index in [-0.39, 0.29) is 55.0 Å². The molecule has 6 atom stereocenters. The summed E-state index contributed by atoms with van der Waals surface area (Å²) in [6, 6.07) is 4.61. The highest BCUT2D eigenvalue weighted by molar-refractivity contribution is 6.00. The number of carboxylic acids is 1. The van der Waals surface area contributed by atoms with E-state index in [1.165, 1.54) is 0 Å². The molecule has 0 spiro atoms. The fourth-order valence-corrected chi connectivity index (χ4v) is 9.97. The van der Waals surface area contributed by atoms with Gasteiger partial charge >= 0.3 is 12.1 Å². The fraction of sp³-hybridized carbons (Fsp3) is 0.550. The number of halogens is 6. The molecular formula is C40H43F6N7O4. The molecule has 3 saturated carbocycles. The number of amides is 1. The number of alkyl halides is 5. The maximum atomic E-state index is 14.8. The average Bonchev–Trinajstić information content (AvgIpc) is 3.77. The maximum absolute atomic E-state index is 14.8. The molecule has 17 heteroatoms. The van der Waals surface area contributed by atoms with Crippen molar-refractivity contribution in [1.29, 1.82) is 0 Å². The van der Waals surface area contributed by atoms with Crippen LogP contribution < -0.4 is 15.0 Å². The molecule has 304 valence electrons. The third-order valence-electron chi connectivity index (χ3n) is 12.6. The maximum Gasteiger partial charge on any atom is 0.434 e. The Balaban J connectivity index is 1.13. The molecule has 57 heavy (non-hydrogen) atoms. The van der Waals surface area contributed by atoms with Gasteiger partial charge in [-0.25, -0.2) is 37.9 Å². The molecule has 8 rings (SSSR count). The van der Waals surface area contributed by atoms with Crippen molar-refractivity contribution < 1.29 is 45.8 Å². The lowest BCUT2D eigenvalue weighted by atomic mass is 9.56. The number of hydrogen-bond donors (Lipinski definition) is 2. The second-order valence-electron chi connectivity index (χ2n) is 16.5. The molecule has 11 nitrogen and oxygen atoms in total. The Hall–Kier alpha value is -4.96. The Kier molecular flexibility index (Phi) is 9.86. The van der Waals surface area contributed by atoms with Gasteiger partial charge in [-0.05, 0) is 74.3 Å². The van der Waals surface area contributed by atoms with E-state index in [0.29, 0.717) is 61.4 Å². The normalized spacial score (nSPS) is 27.7. The van der Waals surface area contributed by atoms with Crippen LogP contribution in [-0.4, -0.2) is 72.1 Å². The number of carbonyl (C=O) groups is 2. The molecule has 5 unspecified atom stereocenters.